The van der Waals surface area contributed by atoms with Gasteiger partial charge in [0.05, 0.1) is 28.8 Å². The van der Waals surface area contributed by atoms with Gasteiger partial charge in [0.1, 0.15) is 17.5 Å². The van der Waals surface area contributed by atoms with Crippen LogP contribution in [0.5, 0.6) is 0 Å². The maximum absolute atomic E-state index is 13.4. The molecule has 0 saturated heterocycles. The summed E-state index contributed by atoms with van der Waals surface area (Å²) in [4.78, 5) is 41.2. The van der Waals surface area contributed by atoms with Crippen LogP contribution in [0.2, 0.25) is 0 Å². The van der Waals surface area contributed by atoms with Gasteiger partial charge < -0.3 is 20.1 Å². The molecule has 1 aliphatic heterocycles. The highest BCUT2D eigenvalue weighted by atomic mass is 19.1. The summed E-state index contributed by atoms with van der Waals surface area (Å²) in [5.74, 6) is 1.42. The predicted octanol–water partition coefficient (Wildman–Crippen LogP) is 2.97. The summed E-state index contributed by atoms with van der Waals surface area (Å²) in [6, 6.07) is 6.19. The van der Waals surface area contributed by atoms with Gasteiger partial charge in [0.15, 0.2) is 0 Å². The van der Waals surface area contributed by atoms with E-state index < -0.39 is 0 Å². The second kappa shape index (κ2) is 8.22. The van der Waals surface area contributed by atoms with Crippen molar-refractivity contribution in [2.75, 3.05) is 36.4 Å². The van der Waals surface area contributed by atoms with Crippen LogP contribution in [-0.2, 0) is 11.2 Å². The lowest BCUT2D eigenvalue weighted by atomic mass is 10.1. The van der Waals surface area contributed by atoms with Crippen molar-refractivity contribution in [3.63, 3.8) is 0 Å². The number of halogens is 1. The molecule has 3 aromatic rings. The average Bonchev–Trinajstić information content (AvgIpc) is 3.53. The molecule has 9 heteroatoms. The molecule has 3 heterocycles. The molecule has 5 rings (SSSR count). The number of hydrogen-bond donors (Lipinski definition) is 2. The van der Waals surface area contributed by atoms with Crippen molar-refractivity contribution in [3.05, 3.63) is 47.7 Å². The first-order chi connectivity index (χ1) is 15.5. The number of carbonyl (C=O) groups excluding carboxylic acids is 2. The number of rotatable bonds is 7. The molecule has 8 nitrogen and oxygen atoms in total. The highest BCUT2D eigenvalue weighted by Crippen LogP contribution is 2.35. The molecular formula is C23H25FN6O2. The van der Waals surface area contributed by atoms with E-state index in [2.05, 4.69) is 20.3 Å². The van der Waals surface area contributed by atoms with Crippen LogP contribution >= 0.6 is 0 Å². The van der Waals surface area contributed by atoms with Crippen LogP contribution in [0.1, 0.15) is 35.9 Å². The lowest BCUT2D eigenvalue weighted by Crippen LogP contribution is -2.42. The minimum absolute atomic E-state index is 0.00414. The Morgan fingerprint density at radius 2 is 2.16 bits per heavy atom. The second-order valence-electron chi connectivity index (χ2n) is 8.37. The molecule has 2 aromatic heterocycles. The zero-order valence-corrected chi connectivity index (χ0v) is 17.9. The molecule has 0 spiro atoms. The largest absolute Gasteiger partial charge is 0.359 e. The number of fused-ring (bicyclic) bond motifs is 2. The van der Waals surface area contributed by atoms with Crippen LogP contribution in [-0.4, -0.2) is 57.8 Å². The minimum Gasteiger partial charge on any atom is -0.359 e. The molecule has 1 aliphatic carbocycles. The quantitative estimate of drug-likeness (QED) is 0.594. The summed E-state index contributed by atoms with van der Waals surface area (Å²) in [7, 11) is 0. The highest BCUT2D eigenvalue weighted by Gasteiger charge is 2.32. The second-order valence-corrected chi connectivity index (χ2v) is 8.37. The third-order valence-electron chi connectivity index (χ3n) is 6.03. The van der Waals surface area contributed by atoms with E-state index in [1.54, 1.807) is 28.1 Å². The van der Waals surface area contributed by atoms with Crippen LogP contribution in [0, 0.1) is 11.7 Å². The average molecular weight is 436 g/mol. The summed E-state index contributed by atoms with van der Waals surface area (Å²) < 4.78 is 13.4. The zero-order valence-electron chi connectivity index (χ0n) is 17.9. The molecule has 2 amide bonds. The zero-order chi connectivity index (χ0) is 22.2. The molecular weight excluding hydrogens is 411 g/mol. The SMILES string of the molecule is CCN(CCc1nc2ccc(F)cc2[nH]1)C(=O)c1cnc2c(c1)N(CC1CC1)C(=O)CN2. The Morgan fingerprint density at radius 1 is 1.31 bits per heavy atom. The smallest absolute Gasteiger partial charge is 0.255 e. The number of aromatic nitrogens is 3. The van der Waals surface area contributed by atoms with Gasteiger partial charge in [-0.15, -0.1) is 0 Å². The monoisotopic (exact) mass is 436 g/mol. The Balaban J connectivity index is 1.32. The van der Waals surface area contributed by atoms with Gasteiger partial charge >= 0.3 is 0 Å². The number of aromatic amines is 1. The summed E-state index contributed by atoms with van der Waals surface area (Å²) in [5.41, 5.74) is 2.47. The summed E-state index contributed by atoms with van der Waals surface area (Å²) in [6.45, 7) is 3.80. The first-order valence-electron chi connectivity index (χ1n) is 11.0. The van der Waals surface area contributed by atoms with E-state index in [-0.39, 0.29) is 24.2 Å². The van der Waals surface area contributed by atoms with Crippen LogP contribution in [0.15, 0.2) is 30.5 Å². The Bertz CT molecular complexity index is 1190. The third kappa shape index (κ3) is 4.02. The van der Waals surface area contributed by atoms with Crippen molar-refractivity contribution < 1.29 is 14.0 Å². The van der Waals surface area contributed by atoms with Gasteiger partial charge in [0.2, 0.25) is 5.91 Å². The number of pyridine rings is 1. The third-order valence-corrected chi connectivity index (χ3v) is 6.03. The van der Waals surface area contributed by atoms with E-state index in [1.165, 1.54) is 12.1 Å². The fourth-order valence-electron chi connectivity index (χ4n) is 4.04. The molecule has 0 radical (unpaired) electrons. The van der Waals surface area contributed by atoms with Crippen LogP contribution in [0.3, 0.4) is 0 Å². The number of benzene rings is 1. The predicted molar refractivity (Wildman–Crippen MR) is 119 cm³/mol. The van der Waals surface area contributed by atoms with Crippen LogP contribution in [0.25, 0.3) is 11.0 Å². The number of amides is 2. The topological polar surface area (TPSA) is 94.2 Å². The molecule has 0 atom stereocenters. The van der Waals surface area contributed by atoms with E-state index >= 15 is 0 Å². The highest BCUT2D eigenvalue weighted by molar-refractivity contribution is 6.04. The van der Waals surface area contributed by atoms with E-state index in [9.17, 15) is 14.0 Å². The van der Waals surface area contributed by atoms with E-state index in [0.717, 1.165) is 12.8 Å². The van der Waals surface area contributed by atoms with Crippen LogP contribution < -0.4 is 10.2 Å². The van der Waals surface area contributed by atoms with Gasteiger partial charge in [0.25, 0.3) is 5.91 Å². The van der Waals surface area contributed by atoms with Crippen molar-refractivity contribution in [1.29, 1.82) is 0 Å². The number of nitrogens with one attached hydrogen (secondary N) is 2. The molecule has 1 saturated carbocycles. The lowest BCUT2D eigenvalue weighted by molar-refractivity contribution is -0.117. The fourth-order valence-corrected chi connectivity index (χ4v) is 4.04. The number of imidazole rings is 1. The van der Waals surface area contributed by atoms with E-state index in [0.29, 0.717) is 65.9 Å². The standard InChI is InChI=1S/C23H25FN6O2/c1-2-29(8-7-20-27-17-6-5-16(24)10-18(17)28-20)23(32)15-9-19-22(25-11-15)26-12-21(31)30(19)13-14-3-4-14/h5-6,9-11,14H,2-4,7-8,12-13H2,1H3,(H,25,26)(H,27,28). The number of nitrogens with zero attached hydrogens (tertiary/aromatic N) is 4. The van der Waals surface area contributed by atoms with Crippen molar-refractivity contribution >= 4 is 34.4 Å². The maximum atomic E-state index is 13.4. The van der Waals surface area contributed by atoms with Gasteiger partial charge in [-0.1, -0.05) is 0 Å². The Kier molecular flexibility index (Phi) is 5.24. The minimum atomic E-state index is -0.318. The normalized spacial score (nSPS) is 15.6. The summed E-state index contributed by atoms with van der Waals surface area (Å²) in [5, 5.41) is 3.04. The maximum Gasteiger partial charge on any atom is 0.255 e. The number of likely N-dealkylation sites (N-methyl/N-ethyl adjacent to an activating group) is 1. The lowest BCUT2D eigenvalue weighted by Gasteiger charge is -2.30. The van der Waals surface area contributed by atoms with Gasteiger partial charge in [-0.05, 0) is 49.9 Å². The Hall–Kier alpha value is -3.49. The van der Waals surface area contributed by atoms with Gasteiger partial charge in [0, 0.05) is 32.3 Å². The Labute approximate surface area is 184 Å². The number of anilines is 2. The van der Waals surface area contributed by atoms with Crippen molar-refractivity contribution in [1.82, 2.24) is 19.9 Å². The van der Waals surface area contributed by atoms with Crippen molar-refractivity contribution in [2.24, 2.45) is 5.92 Å². The van der Waals surface area contributed by atoms with Crippen LogP contribution in [0.4, 0.5) is 15.9 Å². The Morgan fingerprint density at radius 3 is 2.94 bits per heavy atom. The van der Waals surface area contributed by atoms with E-state index in [1.807, 2.05) is 6.92 Å². The van der Waals surface area contributed by atoms with Crippen molar-refractivity contribution in [2.45, 2.75) is 26.2 Å². The molecule has 2 aliphatic rings. The molecule has 0 unspecified atom stereocenters. The molecule has 2 N–H and O–H groups in total. The molecule has 1 aromatic carbocycles. The summed E-state index contributed by atoms with van der Waals surface area (Å²) in [6.07, 6.45) is 4.35. The van der Waals surface area contributed by atoms with E-state index in [4.69, 9.17) is 0 Å². The number of carbonyl (C=O) groups is 2. The van der Waals surface area contributed by atoms with Gasteiger partial charge in [-0.2, -0.15) is 0 Å². The molecule has 166 valence electrons. The number of H-pyrrole nitrogens is 1. The van der Waals surface area contributed by atoms with Gasteiger partial charge in [-0.3, -0.25) is 9.59 Å². The number of hydrogen-bond acceptors (Lipinski definition) is 5. The molecule has 32 heavy (non-hydrogen) atoms. The molecule has 1 fully saturated rings. The first kappa shape index (κ1) is 20.4. The molecule has 0 bridgehead atoms. The fraction of sp³-hybridized carbons (Fsp3) is 0.391. The van der Waals surface area contributed by atoms with Gasteiger partial charge in [-0.25, -0.2) is 14.4 Å². The first-order valence-corrected chi connectivity index (χ1v) is 11.0. The van der Waals surface area contributed by atoms with Crippen molar-refractivity contribution in [3.8, 4) is 0 Å². The summed E-state index contributed by atoms with van der Waals surface area (Å²) >= 11 is 0.